The minimum absolute atomic E-state index is 0.0406. The Morgan fingerprint density at radius 3 is 1.40 bits per heavy atom. The summed E-state index contributed by atoms with van der Waals surface area (Å²) in [6, 6.07) is 33.4. The Hall–Kier alpha value is -9.28. The van der Waals surface area contributed by atoms with E-state index in [2.05, 4.69) is 17.9 Å². The quantitative estimate of drug-likeness (QED) is 0.0505. The lowest BCUT2D eigenvalue weighted by molar-refractivity contribution is -0.147. The van der Waals surface area contributed by atoms with Crippen LogP contribution in [-0.4, -0.2) is 114 Å². The van der Waals surface area contributed by atoms with Crippen LogP contribution in [-0.2, 0) is 72.3 Å². The Labute approximate surface area is 559 Å². The van der Waals surface area contributed by atoms with Crippen molar-refractivity contribution in [3.05, 3.63) is 202 Å². The molecule has 29 heteroatoms. The topological polar surface area (TPSA) is 290 Å². The van der Waals surface area contributed by atoms with Crippen LogP contribution in [0, 0.1) is 0 Å². The molecule has 1 saturated heterocycles. The van der Waals surface area contributed by atoms with E-state index < -0.39 is 64.8 Å². The van der Waals surface area contributed by atoms with E-state index in [4.69, 9.17) is 67.1 Å². The van der Waals surface area contributed by atoms with Crippen molar-refractivity contribution in [2.75, 3.05) is 41.4 Å². The maximum absolute atomic E-state index is 13.5. The Bertz CT molecular complexity index is 4700. The van der Waals surface area contributed by atoms with Crippen molar-refractivity contribution in [2.45, 2.75) is 51.9 Å². The number of thiazole rings is 2. The number of nitrogens with zero attached hydrogens (tertiary/aromatic N) is 6. The van der Waals surface area contributed by atoms with Gasteiger partial charge in [-0.3, -0.25) is 76.6 Å². The van der Waals surface area contributed by atoms with Gasteiger partial charge in [0.1, 0.15) is 32.6 Å². The molecule has 0 spiro atoms. The molecular weight excluding hydrogens is 1340 g/mol. The van der Waals surface area contributed by atoms with Gasteiger partial charge < -0.3 is 29.7 Å². The number of halogens is 3. The molecule has 4 amide bonds. The fourth-order valence-corrected chi connectivity index (χ4v) is 14.1. The van der Waals surface area contributed by atoms with Gasteiger partial charge in [0.2, 0.25) is 0 Å². The number of fused-ring (bicyclic) bond motifs is 3. The van der Waals surface area contributed by atoms with Crippen LogP contribution in [0.1, 0.15) is 60.1 Å². The molecule has 11 rings (SSSR count). The van der Waals surface area contributed by atoms with Crippen LogP contribution in [0.25, 0.3) is 29.9 Å². The zero-order valence-electron chi connectivity index (χ0n) is 48.9. The van der Waals surface area contributed by atoms with Crippen molar-refractivity contribution < 1.29 is 67.9 Å². The number of hydrogen-bond acceptors (Lipinski definition) is 17. The number of amides is 4. The summed E-state index contributed by atoms with van der Waals surface area (Å²) in [4.78, 5) is 142. The van der Waals surface area contributed by atoms with E-state index in [1.54, 1.807) is 66.4 Å². The Kier molecular flexibility index (Phi) is 21.3. The molecule has 6 heterocycles. The van der Waals surface area contributed by atoms with Gasteiger partial charge in [0.25, 0.3) is 34.7 Å². The lowest BCUT2D eigenvalue weighted by atomic mass is 10.1. The van der Waals surface area contributed by atoms with Crippen LogP contribution >= 0.6 is 81.5 Å². The third-order valence-corrected chi connectivity index (χ3v) is 18.8. The van der Waals surface area contributed by atoms with Crippen LogP contribution in [0.2, 0.25) is 15.1 Å². The molecular formula is C64H51Cl3N6O16S4. The van der Waals surface area contributed by atoms with E-state index in [9.17, 15) is 52.7 Å². The summed E-state index contributed by atoms with van der Waals surface area (Å²) < 4.78 is 13.8. The Morgan fingerprint density at radius 2 is 0.946 bits per heavy atom. The Morgan fingerprint density at radius 1 is 0.538 bits per heavy atom. The lowest BCUT2D eigenvalue weighted by Gasteiger charge is -2.19. The number of carboxylic acid groups (broad SMARTS) is 3. The molecule has 4 aliphatic heterocycles. The Balaban J connectivity index is 0.000000166. The highest BCUT2D eigenvalue weighted by molar-refractivity contribution is 8.26. The molecule has 93 heavy (non-hydrogen) atoms. The SMILES string of the molecule is C=c1s/c(=C2\C(=O)N(CC(=O)OC)c3ccc(Cl)cc32)c(=O)n1CCC(=O)O.C=c1s/c(=C2\C(=O)N(CC(=O)O[C@H](C)c3ccccc3)c3ccc(Cl)cc32)c(=O)n1CCC(=O)O.O=C(O)CCN1C(=O)/C(=C2/C(=O)N(Cc3ccccc3)c3ccc(Cl)cc32)SC1=S. The molecule has 4 aliphatic rings. The zero-order valence-corrected chi connectivity index (χ0v) is 54.5. The van der Waals surface area contributed by atoms with Gasteiger partial charge in [0.05, 0.1) is 80.9 Å². The smallest absolute Gasteiger partial charge is 0.326 e. The lowest BCUT2D eigenvalue weighted by Crippen LogP contribution is -2.37. The second-order valence-corrected chi connectivity index (χ2v) is 25.7. The minimum atomic E-state index is -1.06. The second kappa shape index (κ2) is 29.1. The summed E-state index contributed by atoms with van der Waals surface area (Å²) in [5, 5.41) is 27.9. The number of aromatic nitrogens is 2. The molecule has 2 aromatic heterocycles. The van der Waals surface area contributed by atoms with Crippen molar-refractivity contribution in [3.8, 4) is 0 Å². The predicted octanol–water partition coefficient (Wildman–Crippen LogP) is 6.40. The van der Waals surface area contributed by atoms with Gasteiger partial charge in [0.15, 0.2) is 0 Å². The van der Waals surface area contributed by atoms with E-state index in [0.29, 0.717) is 64.7 Å². The zero-order chi connectivity index (χ0) is 67.3. The van der Waals surface area contributed by atoms with Gasteiger partial charge in [-0.15, -0.1) is 22.7 Å². The number of aliphatic carboxylic acids is 3. The summed E-state index contributed by atoms with van der Waals surface area (Å²) >= 11 is 26.7. The molecule has 22 nitrogen and oxygen atoms in total. The molecule has 3 N–H and O–H groups in total. The van der Waals surface area contributed by atoms with Crippen LogP contribution in [0.5, 0.6) is 0 Å². The minimum Gasteiger partial charge on any atom is -0.481 e. The van der Waals surface area contributed by atoms with Crippen molar-refractivity contribution in [2.24, 2.45) is 0 Å². The number of esters is 2. The van der Waals surface area contributed by atoms with Gasteiger partial charge >= 0.3 is 29.8 Å². The number of carbonyl (C=O) groups excluding carboxylic acids is 6. The monoisotopic (exact) mass is 1390 g/mol. The first-order chi connectivity index (χ1) is 44.3. The van der Waals surface area contributed by atoms with Crippen molar-refractivity contribution in [1.82, 2.24) is 14.0 Å². The third kappa shape index (κ3) is 14.8. The second-order valence-electron chi connectivity index (χ2n) is 20.5. The number of ether oxygens (including phenoxy) is 2. The molecule has 0 aliphatic carbocycles. The number of carbonyl (C=O) groups is 9. The highest BCUT2D eigenvalue weighted by atomic mass is 35.5. The maximum Gasteiger partial charge on any atom is 0.326 e. The number of carboxylic acids is 3. The summed E-state index contributed by atoms with van der Waals surface area (Å²) in [7, 11) is 1.21. The number of methoxy groups -OCH3 is 1. The van der Waals surface area contributed by atoms with Crippen LogP contribution in [0.15, 0.2) is 130 Å². The van der Waals surface area contributed by atoms with E-state index in [1.165, 1.54) is 30.9 Å². The average molecular weight is 1390 g/mol. The number of anilines is 3. The molecule has 1 atom stereocenters. The number of hydrogen-bond donors (Lipinski definition) is 3. The summed E-state index contributed by atoms with van der Waals surface area (Å²) in [6.07, 6.45) is -1.26. The molecule has 0 bridgehead atoms. The van der Waals surface area contributed by atoms with E-state index in [1.807, 2.05) is 60.7 Å². The highest BCUT2D eigenvalue weighted by Gasteiger charge is 2.43. The summed E-state index contributed by atoms with van der Waals surface area (Å²) in [5.41, 5.74) is 4.12. The fourth-order valence-electron chi connectivity index (χ4n) is 10.2. The molecule has 1 fully saturated rings. The van der Waals surface area contributed by atoms with Crippen molar-refractivity contribution >= 4 is 186 Å². The van der Waals surface area contributed by atoms with Gasteiger partial charge in [-0.2, -0.15) is 0 Å². The third-order valence-electron chi connectivity index (χ3n) is 14.6. The molecule has 7 aromatic rings. The van der Waals surface area contributed by atoms with E-state index in [0.717, 1.165) is 45.6 Å². The molecule has 478 valence electrons. The van der Waals surface area contributed by atoms with E-state index in [-0.39, 0.29) is 92.9 Å². The van der Waals surface area contributed by atoms with Gasteiger partial charge in [-0.25, -0.2) is 0 Å². The van der Waals surface area contributed by atoms with Gasteiger partial charge in [-0.1, -0.05) is 133 Å². The maximum atomic E-state index is 13.5. The van der Waals surface area contributed by atoms with Gasteiger partial charge in [0, 0.05) is 51.4 Å². The van der Waals surface area contributed by atoms with E-state index >= 15 is 0 Å². The standard InChI is InChI=1S/C25H21ClN2O6S.C21H15ClN2O4S2.C18H15ClN2O6S/c1-14(16-6-4-3-5-7-16)34-21(31)13-28-19-9-8-17(26)12-18(19)22(24(28)32)23-25(33)27(15(2)35-23)11-10-20(29)30;22-13-6-7-15-14(10-13)17(19(27)24(15)11-12-4-2-1-3-5-12)18-20(28)23(21(29)30-18)9-8-16(25)26;1-9-20(6-5-13(22)23)18(26)16(28-9)15-11-7-10(19)3-4-12(11)21(17(15)25)8-14(24)27-2/h3-9,12,14H,2,10-11,13H2,1H3,(H,29,30);1-7,10H,8-9,11H2,(H,25,26);3-4,7H,1,5-6,8H2,2H3,(H,22,23)/b23-22-;18-17-;16-15-/t14-;;/m1../s1. The highest BCUT2D eigenvalue weighted by Crippen LogP contribution is 2.46. The number of thiocarbonyl (C=S) groups is 1. The number of rotatable bonds is 17. The van der Waals surface area contributed by atoms with Crippen molar-refractivity contribution in [3.63, 3.8) is 0 Å². The summed E-state index contributed by atoms with van der Waals surface area (Å²) in [6.45, 7) is 8.86. The molecule has 0 unspecified atom stereocenters. The summed E-state index contributed by atoms with van der Waals surface area (Å²) in [5.74, 6) is -6.21. The first-order valence-electron chi connectivity index (χ1n) is 27.8. The predicted molar refractivity (Wildman–Crippen MR) is 357 cm³/mol. The molecule has 0 radical (unpaired) electrons. The van der Waals surface area contributed by atoms with Crippen LogP contribution in [0.4, 0.5) is 17.1 Å². The normalized spacial score (nSPS) is 16.1. The van der Waals surface area contributed by atoms with Gasteiger partial charge in [-0.05, 0) is 72.6 Å². The number of thioether (sulfide) groups is 1. The first kappa shape index (κ1) is 68.1. The fraction of sp³-hybridized carbons (Fsp3) is 0.188. The van der Waals surface area contributed by atoms with Crippen LogP contribution < -0.4 is 44.2 Å². The molecule has 5 aromatic carbocycles. The van der Waals surface area contributed by atoms with Crippen molar-refractivity contribution in [1.29, 1.82) is 0 Å². The number of benzene rings is 5. The first-order valence-corrected chi connectivity index (χ1v) is 31.8. The molecule has 0 saturated carbocycles. The largest absolute Gasteiger partial charge is 0.481 e. The average Bonchev–Trinajstić information content (AvgIpc) is 1.61. The van der Waals surface area contributed by atoms with Crippen LogP contribution in [0.3, 0.4) is 0 Å².